The first-order chi connectivity index (χ1) is 6.18. The molecular weight excluding hydrogens is 162 g/mol. The van der Waals surface area contributed by atoms with Crippen LogP contribution in [0, 0.1) is 0 Å². The Morgan fingerprint density at radius 3 is 2.77 bits per heavy atom. The fourth-order valence-corrected chi connectivity index (χ4v) is 1.85. The van der Waals surface area contributed by atoms with Crippen molar-refractivity contribution in [3.63, 3.8) is 0 Å². The van der Waals surface area contributed by atoms with Crippen molar-refractivity contribution in [2.45, 2.75) is 19.4 Å². The van der Waals surface area contributed by atoms with E-state index in [0.717, 1.165) is 13.0 Å². The molecule has 1 unspecified atom stereocenters. The fourth-order valence-electron chi connectivity index (χ4n) is 1.85. The van der Waals surface area contributed by atoms with Crippen LogP contribution in [0.2, 0.25) is 0 Å². The Morgan fingerprint density at radius 2 is 2.00 bits per heavy atom. The van der Waals surface area contributed by atoms with E-state index in [1.54, 1.807) is 0 Å². The Morgan fingerprint density at radius 1 is 1.31 bits per heavy atom. The summed E-state index contributed by atoms with van der Waals surface area (Å²) in [6.45, 7) is 3.17. The van der Waals surface area contributed by atoms with Gasteiger partial charge < -0.3 is 16.8 Å². The third-order valence-electron chi connectivity index (χ3n) is 2.66. The average Bonchev–Trinajstić information content (AvgIpc) is 2.09. The Labute approximate surface area is 78.1 Å². The third kappa shape index (κ3) is 1.35. The molecule has 5 N–H and O–H groups in total. The molecule has 1 aliphatic rings. The van der Waals surface area contributed by atoms with E-state index in [0.29, 0.717) is 17.4 Å². The van der Waals surface area contributed by atoms with Gasteiger partial charge in [0.15, 0.2) is 0 Å². The van der Waals surface area contributed by atoms with E-state index in [1.165, 1.54) is 11.1 Å². The first kappa shape index (κ1) is 8.38. The molecule has 0 fully saturated rings. The van der Waals surface area contributed by atoms with Gasteiger partial charge in [0.1, 0.15) is 0 Å². The highest BCUT2D eigenvalue weighted by molar-refractivity contribution is 5.66. The maximum absolute atomic E-state index is 5.75. The van der Waals surface area contributed by atoms with Crippen molar-refractivity contribution in [3.8, 4) is 0 Å². The monoisotopic (exact) mass is 177 g/mol. The van der Waals surface area contributed by atoms with Crippen LogP contribution in [-0.4, -0.2) is 6.54 Å². The summed E-state index contributed by atoms with van der Waals surface area (Å²) in [5.74, 6) is 0. The summed E-state index contributed by atoms with van der Waals surface area (Å²) in [7, 11) is 0. The van der Waals surface area contributed by atoms with Crippen LogP contribution in [0.5, 0.6) is 0 Å². The molecule has 1 aromatic rings. The zero-order chi connectivity index (χ0) is 9.42. The Kier molecular flexibility index (Phi) is 1.88. The van der Waals surface area contributed by atoms with Gasteiger partial charge in [0.25, 0.3) is 0 Å². The number of nitrogen functional groups attached to an aromatic ring is 2. The molecule has 70 valence electrons. The molecule has 3 heteroatoms. The van der Waals surface area contributed by atoms with Gasteiger partial charge in [-0.3, -0.25) is 0 Å². The van der Waals surface area contributed by atoms with Gasteiger partial charge in [-0.2, -0.15) is 0 Å². The van der Waals surface area contributed by atoms with Crippen LogP contribution in [-0.2, 0) is 6.42 Å². The highest BCUT2D eigenvalue weighted by Gasteiger charge is 2.16. The van der Waals surface area contributed by atoms with Crippen LogP contribution in [0.15, 0.2) is 12.1 Å². The van der Waals surface area contributed by atoms with Gasteiger partial charge in [0.2, 0.25) is 0 Å². The fraction of sp³-hybridized carbons (Fsp3) is 0.400. The molecule has 1 atom stereocenters. The van der Waals surface area contributed by atoms with Crippen molar-refractivity contribution >= 4 is 11.4 Å². The van der Waals surface area contributed by atoms with E-state index in [1.807, 2.05) is 12.1 Å². The van der Waals surface area contributed by atoms with Crippen molar-refractivity contribution in [2.75, 3.05) is 18.0 Å². The van der Waals surface area contributed by atoms with Crippen molar-refractivity contribution in [1.29, 1.82) is 0 Å². The Balaban J connectivity index is 2.52. The van der Waals surface area contributed by atoms with Gasteiger partial charge in [-0.15, -0.1) is 0 Å². The summed E-state index contributed by atoms with van der Waals surface area (Å²) in [5.41, 5.74) is 15.5. The molecule has 0 radical (unpaired) electrons. The maximum Gasteiger partial charge on any atom is 0.0551 e. The number of rotatable bonds is 0. The lowest BCUT2D eigenvalue weighted by Crippen LogP contribution is -2.28. The Bertz CT molecular complexity index is 333. The minimum Gasteiger partial charge on any atom is -0.397 e. The van der Waals surface area contributed by atoms with Gasteiger partial charge >= 0.3 is 0 Å². The number of benzene rings is 1. The van der Waals surface area contributed by atoms with E-state index in [4.69, 9.17) is 11.5 Å². The number of nitrogens with two attached hydrogens (primary N) is 2. The minimum absolute atomic E-state index is 0.395. The summed E-state index contributed by atoms with van der Waals surface area (Å²) in [5, 5.41) is 3.39. The molecule has 0 spiro atoms. The van der Waals surface area contributed by atoms with Crippen LogP contribution < -0.4 is 16.8 Å². The number of nitrogens with one attached hydrogen (secondary N) is 1. The molecule has 3 nitrogen and oxygen atoms in total. The van der Waals surface area contributed by atoms with Gasteiger partial charge in [0, 0.05) is 6.04 Å². The lowest BCUT2D eigenvalue weighted by Gasteiger charge is -2.24. The van der Waals surface area contributed by atoms with E-state index < -0.39 is 0 Å². The van der Waals surface area contributed by atoms with E-state index >= 15 is 0 Å². The van der Waals surface area contributed by atoms with E-state index in [-0.39, 0.29) is 0 Å². The summed E-state index contributed by atoms with van der Waals surface area (Å²) in [6, 6.07) is 4.38. The summed E-state index contributed by atoms with van der Waals surface area (Å²) in [6.07, 6.45) is 1.05. The second-order valence-electron chi connectivity index (χ2n) is 3.61. The van der Waals surface area contributed by atoms with Crippen LogP contribution in [0.1, 0.15) is 24.1 Å². The van der Waals surface area contributed by atoms with Crippen molar-refractivity contribution in [2.24, 2.45) is 0 Å². The second kappa shape index (κ2) is 2.92. The number of fused-ring (bicyclic) bond motifs is 1. The molecular formula is C10H15N3. The number of hydrogen-bond donors (Lipinski definition) is 3. The van der Waals surface area contributed by atoms with Crippen molar-refractivity contribution in [3.05, 3.63) is 23.3 Å². The summed E-state index contributed by atoms with van der Waals surface area (Å²) < 4.78 is 0. The highest BCUT2D eigenvalue weighted by Crippen LogP contribution is 2.28. The molecule has 1 aliphatic heterocycles. The van der Waals surface area contributed by atoms with Crippen LogP contribution >= 0.6 is 0 Å². The maximum atomic E-state index is 5.75. The SMILES string of the molecule is CC1NCCc2cc(N)c(N)cc21. The Hall–Kier alpha value is -1.22. The molecule has 0 saturated heterocycles. The first-order valence-electron chi connectivity index (χ1n) is 4.59. The smallest absolute Gasteiger partial charge is 0.0551 e. The van der Waals surface area contributed by atoms with Crippen molar-refractivity contribution in [1.82, 2.24) is 5.32 Å². The largest absolute Gasteiger partial charge is 0.397 e. The zero-order valence-electron chi connectivity index (χ0n) is 7.80. The molecule has 13 heavy (non-hydrogen) atoms. The standard InChI is InChI=1S/C10H15N3/c1-6-8-5-10(12)9(11)4-7(8)2-3-13-6/h4-6,13H,2-3,11-12H2,1H3. The summed E-state index contributed by atoms with van der Waals surface area (Å²) >= 11 is 0. The lowest BCUT2D eigenvalue weighted by atomic mass is 9.94. The second-order valence-corrected chi connectivity index (χ2v) is 3.61. The third-order valence-corrected chi connectivity index (χ3v) is 2.66. The predicted molar refractivity (Wildman–Crippen MR) is 55.4 cm³/mol. The summed E-state index contributed by atoms with van der Waals surface area (Å²) in [4.78, 5) is 0. The zero-order valence-corrected chi connectivity index (χ0v) is 7.80. The molecule has 0 bridgehead atoms. The van der Waals surface area contributed by atoms with Crippen LogP contribution in [0.3, 0.4) is 0 Å². The minimum atomic E-state index is 0.395. The molecule has 2 rings (SSSR count). The van der Waals surface area contributed by atoms with Crippen molar-refractivity contribution < 1.29 is 0 Å². The molecule has 1 heterocycles. The average molecular weight is 177 g/mol. The quantitative estimate of drug-likeness (QED) is 0.519. The predicted octanol–water partition coefficient (Wildman–Crippen LogP) is 1.06. The van der Waals surface area contributed by atoms with Crippen LogP contribution in [0.4, 0.5) is 11.4 Å². The van der Waals surface area contributed by atoms with E-state index in [2.05, 4.69) is 12.2 Å². The molecule has 0 saturated carbocycles. The van der Waals surface area contributed by atoms with Gasteiger partial charge in [-0.25, -0.2) is 0 Å². The van der Waals surface area contributed by atoms with Crippen LogP contribution in [0.25, 0.3) is 0 Å². The first-order valence-corrected chi connectivity index (χ1v) is 4.59. The highest BCUT2D eigenvalue weighted by atomic mass is 14.9. The number of anilines is 2. The molecule has 1 aromatic carbocycles. The lowest BCUT2D eigenvalue weighted by molar-refractivity contribution is 0.541. The molecule has 0 amide bonds. The normalized spacial score (nSPS) is 21.2. The topological polar surface area (TPSA) is 64.1 Å². The number of hydrogen-bond acceptors (Lipinski definition) is 3. The van der Waals surface area contributed by atoms with E-state index in [9.17, 15) is 0 Å². The molecule has 0 aliphatic carbocycles. The van der Waals surface area contributed by atoms with Gasteiger partial charge in [0.05, 0.1) is 11.4 Å². The molecule has 0 aromatic heterocycles. The van der Waals surface area contributed by atoms with Gasteiger partial charge in [-0.05, 0) is 43.1 Å². The van der Waals surface area contributed by atoms with Gasteiger partial charge in [-0.1, -0.05) is 0 Å².